The van der Waals surface area contributed by atoms with Crippen molar-refractivity contribution in [2.75, 3.05) is 6.54 Å². The summed E-state index contributed by atoms with van der Waals surface area (Å²) in [5.41, 5.74) is 0. The number of amides is 1. The van der Waals surface area contributed by atoms with Crippen LogP contribution in [0.3, 0.4) is 0 Å². The maximum atomic E-state index is 9.98. The van der Waals surface area contributed by atoms with Crippen LogP contribution in [0.5, 0.6) is 0 Å². The van der Waals surface area contributed by atoms with Crippen molar-refractivity contribution >= 4 is 20.1 Å². The van der Waals surface area contributed by atoms with Crippen molar-refractivity contribution in [1.29, 1.82) is 0 Å². The number of phosphoric acid groups is 1. The number of hydrogen-bond donors (Lipinski definition) is 4. The minimum absolute atomic E-state index is 0.0880. The molecule has 1 amide bonds. The standard InChI is InChI=1S/C3H4N2O.H3O4P/c6-3-1-4-2-5-3;1-5(2,3)4/h2H,1H2,(H,4,5,6);(H3,1,2,3,4). The number of rotatable bonds is 0. The van der Waals surface area contributed by atoms with E-state index < -0.39 is 7.82 Å². The summed E-state index contributed by atoms with van der Waals surface area (Å²) < 4.78 is 8.88. The molecule has 0 saturated carbocycles. The van der Waals surface area contributed by atoms with Gasteiger partial charge >= 0.3 is 7.82 Å². The van der Waals surface area contributed by atoms with Crippen molar-refractivity contribution in [2.24, 2.45) is 4.99 Å². The second-order valence-corrected chi connectivity index (χ2v) is 2.57. The fraction of sp³-hybridized carbons (Fsp3) is 0.333. The van der Waals surface area contributed by atoms with Crippen LogP contribution in [0, 0.1) is 0 Å². The summed E-state index contributed by atoms with van der Waals surface area (Å²) in [6, 6.07) is 0. The van der Waals surface area contributed by atoms with Crippen LogP contribution in [0.25, 0.3) is 0 Å². The lowest BCUT2D eigenvalue weighted by molar-refractivity contribution is -0.116. The van der Waals surface area contributed by atoms with Gasteiger partial charge < -0.3 is 20.0 Å². The first-order valence-electron chi connectivity index (χ1n) is 2.46. The molecule has 0 aromatic rings. The molecule has 0 aromatic heterocycles. The fourth-order valence-electron chi connectivity index (χ4n) is 0.296. The summed E-state index contributed by atoms with van der Waals surface area (Å²) in [5.74, 6) is -0.0880. The van der Waals surface area contributed by atoms with Crippen molar-refractivity contribution in [2.45, 2.75) is 0 Å². The molecule has 1 rings (SSSR count). The van der Waals surface area contributed by atoms with Crippen LogP contribution in [-0.4, -0.2) is 33.5 Å². The SMILES string of the molecule is O=C1CNC=N1.O=P(O)(O)O. The van der Waals surface area contributed by atoms with Gasteiger partial charge in [0, 0.05) is 0 Å². The quantitative estimate of drug-likeness (QED) is 0.328. The topological polar surface area (TPSA) is 119 Å². The fourth-order valence-corrected chi connectivity index (χ4v) is 0.296. The van der Waals surface area contributed by atoms with E-state index in [9.17, 15) is 4.79 Å². The second kappa shape index (κ2) is 4.20. The first-order chi connectivity index (χ1) is 4.89. The zero-order chi connectivity index (χ0) is 8.91. The highest BCUT2D eigenvalue weighted by atomic mass is 31.2. The molecule has 0 spiro atoms. The van der Waals surface area contributed by atoms with Crippen LogP contribution >= 0.6 is 7.82 Å². The Hall–Kier alpha value is -0.750. The number of carbonyl (C=O) groups is 1. The summed E-state index contributed by atoms with van der Waals surface area (Å²) in [5, 5.41) is 2.63. The molecule has 0 bridgehead atoms. The normalized spacial score (nSPS) is 15.4. The molecule has 1 aliphatic rings. The molecular weight excluding hydrogens is 175 g/mol. The van der Waals surface area contributed by atoms with E-state index in [0.717, 1.165) is 0 Å². The van der Waals surface area contributed by atoms with E-state index in [1.165, 1.54) is 6.34 Å². The zero-order valence-corrected chi connectivity index (χ0v) is 6.23. The van der Waals surface area contributed by atoms with Gasteiger partial charge in [0.25, 0.3) is 5.91 Å². The van der Waals surface area contributed by atoms with Crippen LogP contribution in [-0.2, 0) is 9.36 Å². The zero-order valence-electron chi connectivity index (χ0n) is 5.34. The Bertz CT molecular complexity index is 200. The molecule has 1 heterocycles. The van der Waals surface area contributed by atoms with E-state index >= 15 is 0 Å². The van der Waals surface area contributed by atoms with Crippen molar-refractivity contribution in [3.8, 4) is 0 Å². The average molecular weight is 182 g/mol. The number of carbonyl (C=O) groups excluding carboxylic acids is 1. The Morgan fingerprint density at radius 2 is 2.00 bits per heavy atom. The van der Waals surface area contributed by atoms with E-state index in [4.69, 9.17) is 19.2 Å². The van der Waals surface area contributed by atoms with Gasteiger partial charge in [0.1, 0.15) is 0 Å². The van der Waals surface area contributed by atoms with Crippen molar-refractivity contribution in [1.82, 2.24) is 5.32 Å². The van der Waals surface area contributed by atoms with Gasteiger partial charge in [-0.1, -0.05) is 0 Å². The van der Waals surface area contributed by atoms with E-state index in [0.29, 0.717) is 6.54 Å². The molecule has 1 aliphatic heterocycles. The molecule has 0 unspecified atom stereocenters. The molecule has 64 valence electrons. The lowest BCUT2D eigenvalue weighted by Crippen LogP contribution is -2.09. The van der Waals surface area contributed by atoms with E-state index in [2.05, 4.69) is 10.3 Å². The third kappa shape index (κ3) is 12.4. The molecule has 7 nitrogen and oxygen atoms in total. The minimum Gasteiger partial charge on any atom is -0.367 e. The lowest BCUT2D eigenvalue weighted by atomic mass is 10.7. The summed E-state index contributed by atoms with van der Waals surface area (Å²) in [6.07, 6.45) is 1.41. The van der Waals surface area contributed by atoms with Gasteiger partial charge in [-0.05, 0) is 0 Å². The van der Waals surface area contributed by atoms with Crippen LogP contribution in [0.2, 0.25) is 0 Å². The predicted octanol–water partition coefficient (Wildman–Crippen LogP) is -1.78. The first-order valence-corrected chi connectivity index (χ1v) is 4.03. The van der Waals surface area contributed by atoms with Crippen LogP contribution in [0.15, 0.2) is 4.99 Å². The van der Waals surface area contributed by atoms with Gasteiger partial charge in [0.2, 0.25) is 0 Å². The number of nitrogens with zero attached hydrogens (tertiary/aromatic N) is 1. The minimum atomic E-state index is -4.64. The molecule has 8 heteroatoms. The summed E-state index contributed by atoms with van der Waals surface area (Å²) in [6.45, 7) is 0.375. The van der Waals surface area contributed by atoms with Crippen molar-refractivity contribution in [3.63, 3.8) is 0 Å². The average Bonchev–Trinajstić information content (AvgIpc) is 2.12. The Morgan fingerprint density at radius 1 is 1.55 bits per heavy atom. The molecule has 4 N–H and O–H groups in total. The maximum Gasteiger partial charge on any atom is 0.466 e. The van der Waals surface area contributed by atoms with Gasteiger partial charge in [0.05, 0.1) is 12.9 Å². The lowest BCUT2D eigenvalue weighted by Gasteiger charge is -1.82. The smallest absolute Gasteiger partial charge is 0.367 e. The van der Waals surface area contributed by atoms with Gasteiger partial charge in [-0.3, -0.25) is 4.79 Å². The third-order valence-corrected chi connectivity index (χ3v) is 0.553. The second-order valence-electron chi connectivity index (χ2n) is 1.55. The Balaban J connectivity index is 0.000000187. The number of nitrogens with one attached hydrogen (secondary N) is 1. The van der Waals surface area contributed by atoms with Crippen LogP contribution < -0.4 is 5.32 Å². The Labute approximate surface area is 62.0 Å². The molecule has 0 fully saturated rings. The highest BCUT2D eigenvalue weighted by Crippen LogP contribution is 2.25. The maximum absolute atomic E-state index is 9.98. The molecule has 0 atom stereocenters. The molecule has 11 heavy (non-hydrogen) atoms. The van der Waals surface area contributed by atoms with Crippen molar-refractivity contribution < 1.29 is 24.0 Å². The third-order valence-electron chi connectivity index (χ3n) is 0.553. The van der Waals surface area contributed by atoms with Crippen molar-refractivity contribution in [3.05, 3.63) is 0 Å². The molecule has 0 saturated heterocycles. The largest absolute Gasteiger partial charge is 0.466 e. The molecule has 0 aliphatic carbocycles. The van der Waals surface area contributed by atoms with Crippen LogP contribution in [0.1, 0.15) is 0 Å². The highest BCUT2D eigenvalue weighted by Gasteiger charge is 2.00. The molecule has 0 radical (unpaired) electrons. The number of hydrogen-bond acceptors (Lipinski definition) is 3. The van der Waals surface area contributed by atoms with Gasteiger partial charge in [0.15, 0.2) is 0 Å². The highest BCUT2D eigenvalue weighted by molar-refractivity contribution is 7.45. The Kier molecular flexibility index (Phi) is 3.91. The summed E-state index contributed by atoms with van der Waals surface area (Å²) in [7, 11) is -4.64. The van der Waals surface area contributed by atoms with Crippen LogP contribution in [0.4, 0.5) is 0 Å². The predicted molar refractivity (Wildman–Crippen MR) is 35.8 cm³/mol. The van der Waals surface area contributed by atoms with Gasteiger partial charge in [-0.2, -0.15) is 0 Å². The van der Waals surface area contributed by atoms with E-state index in [1.54, 1.807) is 0 Å². The van der Waals surface area contributed by atoms with Gasteiger partial charge in [-0.15, -0.1) is 0 Å². The van der Waals surface area contributed by atoms with Gasteiger partial charge in [-0.25, -0.2) is 9.56 Å². The number of aliphatic imine (C=N–C) groups is 1. The van der Waals surface area contributed by atoms with E-state index in [-0.39, 0.29) is 5.91 Å². The monoisotopic (exact) mass is 182 g/mol. The van der Waals surface area contributed by atoms with E-state index in [1.807, 2.05) is 0 Å². The Morgan fingerprint density at radius 3 is 2.09 bits per heavy atom. The molecular formula is C3H7N2O5P. The molecule has 0 aromatic carbocycles. The first kappa shape index (κ1) is 10.2. The summed E-state index contributed by atoms with van der Waals surface area (Å²) >= 11 is 0. The summed E-state index contributed by atoms with van der Waals surface area (Å²) in [4.78, 5) is 34.9.